The van der Waals surface area contributed by atoms with E-state index in [-0.39, 0.29) is 22.8 Å². The lowest BCUT2D eigenvalue weighted by atomic mass is 10.0. The van der Waals surface area contributed by atoms with E-state index >= 15 is 0 Å². The number of hydrogen-bond acceptors (Lipinski definition) is 4. The van der Waals surface area contributed by atoms with Crippen molar-refractivity contribution >= 4 is 17.8 Å². The Morgan fingerprint density at radius 3 is 2.52 bits per heavy atom. The Labute approximate surface area is 120 Å². The van der Waals surface area contributed by atoms with Gasteiger partial charge < -0.3 is 20.3 Å². The topological polar surface area (TPSA) is 113 Å². The third kappa shape index (κ3) is 3.57. The summed E-state index contributed by atoms with van der Waals surface area (Å²) in [5, 5.41) is 20.6. The lowest BCUT2D eigenvalue weighted by Crippen LogP contribution is -2.32. The molecule has 0 radical (unpaired) electrons. The Morgan fingerprint density at radius 1 is 1.19 bits per heavy atom. The van der Waals surface area contributed by atoms with E-state index in [4.69, 9.17) is 14.9 Å². The summed E-state index contributed by atoms with van der Waals surface area (Å²) < 4.78 is 5.36. The molecule has 0 aliphatic carbocycles. The predicted molar refractivity (Wildman–Crippen MR) is 71.7 cm³/mol. The Hall–Kier alpha value is -2.41. The zero-order chi connectivity index (χ0) is 15.4. The molecule has 1 amide bonds. The van der Waals surface area contributed by atoms with Crippen LogP contribution in [0.5, 0.6) is 0 Å². The van der Waals surface area contributed by atoms with Crippen LogP contribution >= 0.6 is 0 Å². The van der Waals surface area contributed by atoms with Crippen molar-refractivity contribution in [2.24, 2.45) is 0 Å². The SMILES string of the molecule is O=C(O)c1ccc(C(=O)NCC2CCCO2)c(C(=O)O)c1. The highest BCUT2D eigenvalue weighted by molar-refractivity contribution is 6.06. The van der Waals surface area contributed by atoms with Crippen molar-refractivity contribution in [2.75, 3.05) is 13.2 Å². The molecule has 3 N–H and O–H groups in total. The quantitative estimate of drug-likeness (QED) is 0.746. The van der Waals surface area contributed by atoms with Gasteiger partial charge in [-0.25, -0.2) is 9.59 Å². The number of aromatic carboxylic acids is 2. The largest absolute Gasteiger partial charge is 0.478 e. The minimum Gasteiger partial charge on any atom is -0.478 e. The number of carboxylic acids is 2. The first-order chi connectivity index (χ1) is 9.99. The van der Waals surface area contributed by atoms with Crippen LogP contribution in [0.25, 0.3) is 0 Å². The maximum atomic E-state index is 12.0. The second-order valence-electron chi connectivity index (χ2n) is 4.72. The maximum Gasteiger partial charge on any atom is 0.336 e. The maximum absolute atomic E-state index is 12.0. The molecule has 2 rings (SSSR count). The predicted octanol–water partition coefficient (Wildman–Crippen LogP) is 0.992. The Bertz CT molecular complexity index is 577. The second kappa shape index (κ2) is 6.36. The van der Waals surface area contributed by atoms with Crippen LogP contribution in [0, 0.1) is 0 Å². The molecule has 1 fully saturated rings. The first-order valence-corrected chi connectivity index (χ1v) is 6.49. The number of hydrogen-bond donors (Lipinski definition) is 3. The fraction of sp³-hybridized carbons (Fsp3) is 0.357. The molecule has 7 heteroatoms. The number of rotatable bonds is 5. The van der Waals surface area contributed by atoms with Crippen molar-refractivity contribution in [1.82, 2.24) is 5.32 Å². The second-order valence-corrected chi connectivity index (χ2v) is 4.72. The smallest absolute Gasteiger partial charge is 0.336 e. The van der Waals surface area contributed by atoms with Crippen LogP contribution in [-0.4, -0.2) is 47.3 Å². The van der Waals surface area contributed by atoms with Gasteiger partial charge in [0, 0.05) is 13.2 Å². The van der Waals surface area contributed by atoms with Crippen LogP contribution in [0.3, 0.4) is 0 Å². The van der Waals surface area contributed by atoms with Crippen LogP contribution in [0.2, 0.25) is 0 Å². The number of carbonyl (C=O) groups is 3. The molecule has 0 spiro atoms. The summed E-state index contributed by atoms with van der Waals surface area (Å²) in [5.74, 6) is -3.15. The number of carboxylic acid groups (broad SMARTS) is 2. The molecule has 0 aromatic heterocycles. The average molecular weight is 293 g/mol. The highest BCUT2D eigenvalue weighted by Gasteiger charge is 2.21. The van der Waals surface area contributed by atoms with Crippen LogP contribution in [0.15, 0.2) is 18.2 Å². The van der Waals surface area contributed by atoms with E-state index in [1.165, 1.54) is 12.1 Å². The van der Waals surface area contributed by atoms with E-state index in [1.807, 2.05) is 0 Å². The Morgan fingerprint density at radius 2 is 1.95 bits per heavy atom. The highest BCUT2D eigenvalue weighted by Crippen LogP contribution is 2.14. The summed E-state index contributed by atoms with van der Waals surface area (Å²) in [7, 11) is 0. The molecule has 1 aliphatic heterocycles. The van der Waals surface area contributed by atoms with Gasteiger partial charge in [-0.15, -0.1) is 0 Å². The van der Waals surface area contributed by atoms with Crippen molar-refractivity contribution in [1.29, 1.82) is 0 Å². The average Bonchev–Trinajstić information content (AvgIpc) is 2.97. The highest BCUT2D eigenvalue weighted by atomic mass is 16.5. The van der Waals surface area contributed by atoms with E-state index < -0.39 is 17.8 Å². The number of carbonyl (C=O) groups excluding carboxylic acids is 1. The van der Waals surface area contributed by atoms with Crippen molar-refractivity contribution in [3.05, 3.63) is 34.9 Å². The molecule has 1 aliphatic rings. The molecule has 1 atom stereocenters. The van der Waals surface area contributed by atoms with Gasteiger partial charge >= 0.3 is 11.9 Å². The van der Waals surface area contributed by atoms with Gasteiger partial charge in [-0.2, -0.15) is 0 Å². The van der Waals surface area contributed by atoms with Gasteiger partial charge in [0.1, 0.15) is 0 Å². The van der Waals surface area contributed by atoms with Crippen molar-refractivity contribution in [3.63, 3.8) is 0 Å². The molecule has 7 nitrogen and oxygen atoms in total. The lowest BCUT2D eigenvalue weighted by Gasteiger charge is -2.12. The summed E-state index contributed by atoms with van der Waals surface area (Å²) in [6.07, 6.45) is 1.73. The number of amides is 1. The van der Waals surface area contributed by atoms with Crippen LogP contribution in [-0.2, 0) is 4.74 Å². The van der Waals surface area contributed by atoms with Gasteiger partial charge in [-0.05, 0) is 31.0 Å². The minimum absolute atomic E-state index is 0.0551. The van der Waals surface area contributed by atoms with E-state index in [9.17, 15) is 14.4 Å². The number of benzene rings is 1. The summed E-state index contributed by atoms with van der Waals surface area (Å²) in [6, 6.07) is 3.39. The molecule has 0 bridgehead atoms. The molecule has 0 saturated carbocycles. The third-order valence-electron chi connectivity index (χ3n) is 3.26. The first-order valence-electron chi connectivity index (χ1n) is 6.49. The summed E-state index contributed by atoms with van der Waals surface area (Å²) in [5.41, 5.74) is -0.576. The number of nitrogens with one attached hydrogen (secondary N) is 1. The van der Waals surface area contributed by atoms with Gasteiger partial charge in [0.15, 0.2) is 0 Å². The molecule has 1 unspecified atom stereocenters. The normalized spacial score (nSPS) is 17.4. The summed E-state index contributed by atoms with van der Waals surface area (Å²) >= 11 is 0. The molecular weight excluding hydrogens is 278 g/mol. The Balaban J connectivity index is 2.15. The Kier molecular flexibility index (Phi) is 4.54. The van der Waals surface area contributed by atoms with E-state index in [2.05, 4.69) is 5.32 Å². The molecule has 112 valence electrons. The first kappa shape index (κ1) is 15.0. The molecule has 1 saturated heterocycles. The van der Waals surface area contributed by atoms with E-state index in [0.29, 0.717) is 13.2 Å². The third-order valence-corrected chi connectivity index (χ3v) is 3.26. The zero-order valence-electron chi connectivity index (χ0n) is 11.2. The van der Waals surface area contributed by atoms with Gasteiger partial charge in [-0.3, -0.25) is 4.79 Å². The summed E-state index contributed by atoms with van der Waals surface area (Å²) in [4.78, 5) is 34.0. The minimum atomic E-state index is -1.35. The van der Waals surface area contributed by atoms with Gasteiger partial charge in [0.2, 0.25) is 0 Å². The van der Waals surface area contributed by atoms with E-state index in [0.717, 1.165) is 18.9 Å². The molecule has 1 aromatic rings. The number of ether oxygens (including phenoxy) is 1. The van der Waals surface area contributed by atoms with Gasteiger partial charge in [0.05, 0.1) is 22.8 Å². The molecule has 21 heavy (non-hydrogen) atoms. The molecule has 1 aromatic carbocycles. The van der Waals surface area contributed by atoms with Crippen molar-refractivity contribution in [2.45, 2.75) is 18.9 Å². The van der Waals surface area contributed by atoms with Crippen molar-refractivity contribution in [3.8, 4) is 0 Å². The van der Waals surface area contributed by atoms with Gasteiger partial charge in [-0.1, -0.05) is 0 Å². The van der Waals surface area contributed by atoms with Crippen LogP contribution in [0.1, 0.15) is 43.9 Å². The standard InChI is InChI=1S/C14H15NO6/c16-12(15-7-9-2-1-5-21-9)10-4-3-8(13(17)18)6-11(10)14(19)20/h3-4,6,9H,1-2,5,7H2,(H,15,16)(H,17,18)(H,19,20). The van der Waals surface area contributed by atoms with Crippen LogP contribution < -0.4 is 5.32 Å². The van der Waals surface area contributed by atoms with E-state index in [1.54, 1.807) is 0 Å². The lowest BCUT2D eigenvalue weighted by molar-refractivity contribution is 0.0689. The molecule has 1 heterocycles. The summed E-state index contributed by atoms with van der Waals surface area (Å²) in [6.45, 7) is 0.965. The van der Waals surface area contributed by atoms with Crippen LogP contribution in [0.4, 0.5) is 0 Å². The monoisotopic (exact) mass is 293 g/mol. The zero-order valence-corrected chi connectivity index (χ0v) is 11.2. The van der Waals surface area contributed by atoms with Gasteiger partial charge in [0.25, 0.3) is 5.91 Å². The molecular formula is C14H15NO6. The fourth-order valence-electron chi connectivity index (χ4n) is 2.16. The van der Waals surface area contributed by atoms with Crippen molar-refractivity contribution < 1.29 is 29.3 Å². The fourth-order valence-corrected chi connectivity index (χ4v) is 2.16.